The fraction of sp³-hybridized carbons (Fsp3) is 0.600. The summed E-state index contributed by atoms with van der Waals surface area (Å²) in [4.78, 5) is 22.6. The fourth-order valence-corrected chi connectivity index (χ4v) is 1.48. The van der Waals surface area contributed by atoms with Crippen LogP contribution in [0, 0.1) is 0 Å². The van der Waals surface area contributed by atoms with E-state index in [9.17, 15) is 9.59 Å². The molecular weight excluding hydrogens is 174 g/mol. The van der Waals surface area contributed by atoms with Crippen molar-refractivity contribution in [3.8, 4) is 0 Å². The second kappa shape index (κ2) is 3.83. The van der Waals surface area contributed by atoms with Crippen LogP contribution in [0.3, 0.4) is 0 Å². The number of halogens is 1. The summed E-state index contributed by atoms with van der Waals surface area (Å²) < 4.78 is 0. The topological polar surface area (TPSA) is 37.4 Å². The van der Waals surface area contributed by atoms with E-state index in [-0.39, 0.29) is 23.6 Å². The van der Waals surface area contributed by atoms with Crippen LogP contribution in [-0.2, 0) is 4.79 Å². The molecule has 1 rings (SSSR count). The van der Waals surface area contributed by atoms with E-state index < -0.39 is 0 Å². The highest BCUT2D eigenvalue weighted by Crippen LogP contribution is 2.17. The standard InChI is InChI=1S/C5H7NO2S.ClH/c1-2-6-4(7)3-9-5(6)8;/h2-3H2,1H3;1H. The predicted molar refractivity (Wildman–Crippen MR) is 42.5 cm³/mol. The molecule has 5 heteroatoms. The maximum absolute atomic E-state index is 10.7. The Balaban J connectivity index is 0.000000810. The van der Waals surface area contributed by atoms with Crippen molar-refractivity contribution in [3.05, 3.63) is 0 Å². The van der Waals surface area contributed by atoms with Crippen LogP contribution in [0.2, 0.25) is 0 Å². The molecule has 0 radical (unpaired) electrons. The van der Waals surface area contributed by atoms with Gasteiger partial charge in [-0.25, -0.2) is 0 Å². The van der Waals surface area contributed by atoms with Gasteiger partial charge in [0.25, 0.3) is 5.24 Å². The molecule has 0 bridgehead atoms. The average molecular weight is 182 g/mol. The summed E-state index contributed by atoms with van der Waals surface area (Å²) in [5.74, 6) is 0.264. The predicted octanol–water partition coefficient (Wildman–Crippen LogP) is 1.12. The van der Waals surface area contributed by atoms with Crippen LogP contribution >= 0.6 is 24.2 Å². The lowest BCUT2D eigenvalue weighted by Gasteiger charge is -2.06. The van der Waals surface area contributed by atoms with Gasteiger partial charge in [-0.2, -0.15) is 0 Å². The van der Waals surface area contributed by atoms with E-state index in [1.807, 2.05) is 0 Å². The minimum Gasteiger partial charge on any atom is -0.273 e. The van der Waals surface area contributed by atoms with Gasteiger partial charge >= 0.3 is 0 Å². The number of thioether (sulfide) groups is 1. The molecule has 0 aromatic rings. The number of amides is 2. The molecule has 3 nitrogen and oxygen atoms in total. The Morgan fingerprint density at radius 3 is 2.40 bits per heavy atom. The van der Waals surface area contributed by atoms with Gasteiger partial charge in [-0.1, -0.05) is 11.8 Å². The quantitative estimate of drug-likeness (QED) is 0.609. The third kappa shape index (κ3) is 1.64. The Bertz CT molecular complexity index is 146. The van der Waals surface area contributed by atoms with Gasteiger partial charge in [-0.15, -0.1) is 12.4 Å². The van der Waals surface area contributed by atoms with Gasteiger partial charge in [0.05, 0.1) is 5.75 Å². The third-order valence-corrected chi connectivity index (χ3v) is 2.02. The number of hydrogen-bond acceptors (Lipinski definition) is 3. The Kier molecular flexibility index (Phi) is 3.75. The number of nitrogens with zero attached hydrogens (tertiary/aromatic N) is 1. The fourth-order valence-electron chi connectivity index (χ4n) is 0.687. The van der Waals surface area contributed by atoms with Gasteiger partial charge in [0, 0.05) is 6.54 Å². The summed E-state index contributed by atoms with van der Waals surface area (Å²) in [5.41, 5.74) is 0. The molecule has 1 aliphatic heterocycles. The molecule has 10 heavy (non-hydrogen) atoms. The Labute approximate surface area is 69.6 Å². The smallest absolute Gasteiger partial charge is 0.273 e. The molecule has 0 atom stereocenters. The maximum atomic E-state index is 10.7. The van der Waals surface area contributed by atoms with Gasteiger partial charge in [-0.3, -0.25) is 14.5 Å². The van der Waals surface area contributed by atoms with Crippen molar-refractivity contribution in [2.75, 3.05) is 12.3 Å². The molecule has 0 spiro atoms. The molecule has 2 amide bonds. The first-order chi connectivity index (χ1) is 4.25. The van der Waals surface area contributed by atoms with Crippen LogP contribution in [0.15, 0.2) is 0 Å². The molecule has 0 aliphatic carbocycles. The minimum atomic E-state index is -0.109. The van der Waals surface area contributed by atoms with Crippen molar-refractivity contribution in [2.45, 2.75) is 6.92 Å². The van der Waals surface area contributed by atoms with E-state index in [4.69, 9.17) is 0 Å². The Hall–Kier alpha value is -0.220. The molecule has 0 unspecified atom stereocenters. The van der Waals surface area contributed by atoms with Crippen LogP contribution in [0.4, 0.5) is 4.79 Å². The molecule has 1 fully saturated rings. The van der Waals surface area contributed by atoms with Crippen LogP contribution in [0.5, 0.6) is 0 Å². The van der Waals surface area contributed by atoms with Crippen molar-refractivity contribution in [1.82, 2.24) is 4.90 Å². The summed E-state index contributed by atoms with van der Waals surface area (Å²) >= 11 is 1.08. The molecule has 0 N–H and O–H groups in total. The SMILES string of the molecule is CCN1C(=O)CSC1=O.Cl. The normalized spacial score (nSPS) is 17.5. The molecule has 1 saturated heterocycles. The van der Waals surface area contributed by atoms with Crippen LogP contribution in [-0.4, -0.2) is 28.3 Å². The number of carbonyl (C=O) groups excluding carboxylic acids is 2. The van der Waals surface area contributed by atoms with E-state index in [1.165, 1.54) is 4.90 Å². The van der Waals surface area contributed by atoms with E-state index in [1.54, 1.807) is 6.92 Å². The van der Waals surface area contributed by atoms with Crippen LogP contribution in [0.1, 0.15) is 6.92 Å². The number of rotatable bonds is 1. The summed E-state index contributed by atoms with van der Waals surface area (Å²) in [6, 6.07) is 0. The Morgan fingerprint density at radius 2 is 2.20 bits per heavy atom. The minimum absolute atomic E-state index is 0. The zero-order chi connectivity index (χ0) is 6.85. The highest BCUT2D eigenvalue weighted by Gasteiger charge is 2.27. The first-order valence-electron chi connectivity index (χ1n) is 2.73. The van der Waals surface area contributed by atoms with Crippen molar-refractivity contribution in [2.24, 2.45) is 0 Å². The van der Waals surface area contributed by atoms with Gasteiger partial charge in [0.15, 0.2) is 0 Å². The molecule has 1 heterocycles. The summed E-state index contributed by atoms with van der Waals surface area (Å²) in [6.07, 6.45) is 0. The van der Waals surface area contributed by atoms with Gasteiger partial charge < -0.3 is 0 Å². The zero-order valence-electron chi connectivity index (χ0n) is 5.49. The Morgan fingerprint density at radius 1 is 1.60 bits per heavy atom. The lowest BCUT2D eigenvalue weighted by atomic mass is 10.5. The second-order valence-corrected chi connectivity index (χ2v) is 2.62. The third-order valence-electron chi connectivity index (χ3n) is 1.16. The summed E-state index contributed by atoms with van der Waals surface area (Å²) in [6.45, 7) is 2.30. The van der Waals surface area contributed by atoms with Gasteiger partial charge in [0.2, 0.25) is 5.91 Å². The molecule has 0 saturated carbocycles. The average Bonchev–Trinajstić information content (AvgIpc) is 2.12. The number of hydrogen-bond donors (Lipinski definition) is 0. The number of imide groups is 1. The van der Waals surface area contributed by atoms with Crippen molar-refractivity contribution >= 4 is 35.3 Å². The molecular formula is C5H8ClNO2S. The van der Waals surface area contributed by atoms with E-state index in [2.05, 4.69) is 0 Å². The lowest BCUT2D eigenvalue weighted by Crippen LogP contribution is -2.27. The van der Waals surface area contributed by atoms with Crippen molar-refractivity contribution < 1.29 is 9.59 Å². The summed E-state index contributed by atoms with van der Waals surface area (Å²) in [7, 11) is 0. The van der Waals surface area contributed by atoms with E-state index in [0.717, 1.165) is 11.8 Å². The first kappa shape index (κ1) is 9.78. The van der Waals surface area contributed by atoms with Crippen molar-refractivity contribution in [3.63, 3.8) is 0 Å². The molecule has 58 valence electrons. The maximum Gasteiger partial charge on any atom is 0.288 e. The van der Waals surface area contributed by atoms with Crippen molar-refractivity contribution in [1.29, 1.82) is 0 Å². The highest BCUT2D eigenvalue weighted by atomic mass is 35.5. The van der Waals surface area contributed by atoms with Crippen LogP contribution < -0.4 is 0 Å². The van der Waals surface area contributed by atoms with Gasteiger partial charge in [-0.05, 0) is 6.92 Å². The molecule has 0 aromatic heterocycles. The highest BCUT2D eigenvalue weighted by molar-refractivity contribution is 8.14. The van der Waals surface area contributed by atoms with Crippen LogP contribution in [0.25, 0.3) is 0 Å². The lowest BCUT2D eigenvalue weighted by molar-refractivity contribution is -0.124. The largest absolute Gasteiger partial charge is 0.288 e. The van der Waals surface area contributed by atoms with Gasteiger partial charge in [0.1, 0.15) is 0 Å². The first-order valence-corrected chi connectivity index (χ1v) is 3.71. The molecule has 1 aliphatic rings. The summed E-state index contributed by atoms with van der Waals surface area (Å²) in [5, 5.41) is -0.109. The number of carbonyl (C=O) groups is 2. The molecule has 0 aromatic carbocycles. The van der Waals surface area contributed by atoms with E-state index >= 15 is 0 Å². The monoisotopic (exact) mass is 181 g/mol. The zero-order valence-corrected chi connectivity index (χ0v) is 7.13. The van der Waals surface area contributed by atoms with E-state index in [0.29, 0.717) is 12.3 Å². The second-order valence-electron chi connectivity index (χ2n) is 1.69.